The van der Waals surface area contributed by atoms with Gasteiger partial charge in [0.1, 0.15) is 5.76 Å². The number of furan rings is 1. The second kappa shape index (κ2) is 7.41. The second-order valence-electron chi connectivity index (χ2n) is 4.37. The summed E-state index contributed by atoms with van der Waals surface area (Å²) < 4.78 is 5.09. The van der Waals surface area contributed by atoms with Crippen LogP contribution in [0.15, 0.2) is 28.9 Å². The van der Waals surface area contributed by atoms with Crippen molar-refractivity contribution in [2.45, 2.75) is 20.3 Å². The van der Waals surface area contributed by atoms with E-state index in [4.69, 9.17) is 9.52 Å². The van der Waals surface area contributed by atoms with E-state index in [1.165, 1.54) is 17.2 Å². The van der Waals surface area contributed by atoms with E-state index in [-0.39, 0.29) is 12.5 Å². The van der Waals surface area contributed by atoms with Gasteiger partial charge in [0.2, 0.25) is 5.91 Å². The van der Waals surface area contributed by atoms with Gasteiger partial charge in [0.05, 0.1) is 12.2 Å². The normalized spacial score (nSPS) is 12.5. The zero-order chi connectivity index (χ0) is 14.3. The minimum absolute atomic E-state index is 0.202. The first kappa shape index (κ1) is 15.0. The molecule has 0 radical (unpaired) electrons. The van der Waals surface area contributed by atoms with Crippen molar-refractivity contribution in [2.24, 2.45) is 5.92 Å². The van der Waals surface area contributed by atoms with E-state index < -0.39 is 11.9 Å². The van der Waals surface area contributed by atoms with E-state index in [1.54, 1.807) is 25.1 Å². The van der Waals surface area contributed by atoms with E-state index in [1.807, 2.05) is 6.92 Å². The number of carbonyl (C=O) groups is 2. The van der Waals surface area contributed by atoms with Crippen LogP contribution in [0.5, 0.6) is 0 Å². The lowest BCUT2D eigenvalue weighted by atomic mass is 10.1. The SMILES string of the molecule is CCCN(CC(C)C(=O)O)C(=O)/C=C/c1ccco1. The molecule has 104 valence electrons. The zero-order valence-corrected chi connectivity index (χ0v) is 11.2. The van der Waals surface area contributed by atoms with Crippen LogP contribution in [0.4, 0.5) is 0 Å². The van der Waals surface area contributed by atoms with E-state index in [9.17, 15) is 9.59 Å². The Bertz CT molecular complexity index is 436. The van der Waals surface area contributed by atoms with Crippen molar-refractivity contribution in [1.29, 1.82) is 0 Å². The van der Waals surface area contributed by atoms with Crippen LogP contribution in [-0.4, -0.2) is 35.0 Å². The maximum atomic E-state index is 12.0. The standard InChI is InChI=1S/C14H19NO4/c1-3-8-15(10-11(2)14(17)18)13(16)7-6-12-5-4-9-19-12/h4-7,9,11H,3,8,10H2,1-2H3,(H,17,18)/b7-6+. The topological polar surface area (TPSA) is 70.8 Å². The van der Waals surface area contributed by atoms with Crippen LogP contribution in [0.3, 0.4) is 0 Å². The Balaban J connectivity index is 2.64. The highest BCUT2D eigenvalue weighted by molar-refractivity contribution is 5.91. The molecule has 0 aliphatic heterocycles. The van der Waals surface area contributed by atoms with Gasteiger partial charge in [-0.1, -0.05) is 13.8 Å². The predicted octanol–water partition coefficient (Wildman–Crippen LogP) is 2.25. The molecule has 1 rings (SSSR count). The fraction of sp³-hybridized carbons (Fsp3) is 0.429. The molecule has 1 aromatic heterocycles. The van der Waals surface area contributed by atoms with Gasteiger partial charge in [-0.2, -0.15) is 0 Å². The number of carboxylic acids is 1. The molecule has 1 amide bonds. The molecule has 1 N–H and O–H groups in total. The molecule has 1 aromatic rings. The van der Waals surface area contributed by atoms with Crippen LogP contribution in [0.25, 0.3) is 6.08 Å². The van der Waals surface area contributed by atoms with Gasteiger partial charge >= 0.3 is 5.97 Å². The van der Waals surface area contributed by atoms with Crippen LogP contribution < -0.4 is 0 Å². The fourth-order valence-corrected chi connectivity index (χ4v) is 1.61. The largest absolute Gasteiger partial charge is 0.481 e. The Labute approximate surface area is 112 Å². The minimum atomic E-state index is -0.899. The van der Waals surface area contributed by atoms with Gasteiger partial charge in [0.25, 0.3) is 0 Å². The quantitative estimate of drug-likeness (QED) is 0.768. The molecule has 0 aliphatic rings. The summed E-state index contributed by atoms with van der Waals surface area (Å²) in [6, 6.07) is 3.48. The predicted molar refractivity (Wildman–Crippen MR) is 71.4 cm³/mol. The highest BCUT2D eigenvalue weighted by Gasteiger charge is 2.18. The number of carbonyl (C=O) groups excluding carboxylic acids is 1. The molecule has 0 saturated carbocycles. The first-order valence-electron chi connectivity index (χ1n) is 6.28. The number of nitrogens with zero attached hydrogens (tertiary/aromatic N) is 1. The molecule has 0 fully saturated rings. The molecule has 1 atom stereocenters. The Morgan fingerprint density at radius 1 is 1.53 bits per heavy atom. The summed E-state index contributed by atoms with van der Waals surface area (Å²) in [5, 5.41) is 8.89. The van der Waals surface area contributed by atoms with Crippen molar-refractivity contribution in [3.63, 3.8) is 0 Å². The van der Waals surface area contributed by atoms with Gasteiger partial charge in [-0.05, 0) is 24.6 Å². The van der Waals surface area contributed by atoms with Gasteiger partial charge in [0.15, 0.2) is 0 Å². The molecule has 0 bridgehead atoms. The zero-order valence-electron chi connectivity index (χ0n) is 11.2. The molecular formula is C14H19NO4. The van der Waals surface area contributed by atoms with Crippen molar-refractivity contribution in [3.8, 4) is 0 Å². The molecule has 1 unspecified atom stereocenters. The van der Waals surface area contributed by atoms with Gasteiger partial charge < -0.3 is 14.4 Å². The number of hydrogen-bond acceptors (Lipinski definition) is 3. The van der Waals surface area contributed by atoms with Gasteiger partial charge in [0, 0.05) is 19.2 Å². The first-order chi connectivity index (χ1) is 9.04. The monoisotopic (exact) mass is 265 g/mol. The lowest BCUT2D eigenvalue weighted by Crippen LogP contribution is -2.36. The molecule has 0 aromatic carbocycles. The summed E-state index contributed by atoms with van der Waals surface area (Å²) in [6.45, 7) is 4.29. The Morgan fingerprint density at radius 3 is 2.79 bits per heavy atom. The Morgan fingerprint density at radius 2 is 2.26 bits per heavy atom. The second-order valence-corrected chi connectivity index (χ2v) is 4.37. The fourth-order valence-electron chi connectivity index (χ4n) is 1.61. The van der Waals surface area contributed by atoms with Crippen LogP contribution in [0.1, 0.15) is 26.0 Å². The lowest BCUT2D eigenvalue weighted by molar-refractivity contribution is -0.142. The third-order valence-electron chi connectivity index (χ3n) is 2.65. The molecule has 0 spiro atoms. The summed E-state index contributed by atoms with van der Waals surface area (Å²) in [6.07, 6.45) is 5.30. The summed E-state index contributed by atoms with van der Waals surface area (Å²) in [5.74, 6) is -1.08. The number of carboxylic acid groups (broad SMARTS) is 1. The molecule has 1 heterocycles. The minimum Gasteiger partial charge on any atom is -0.481 e. The van der Waals surface area contributed by atoms with Gasteiger partial charge in [-0.25, -0.2) is 0 Å². The average molecular weight is 265 g/mol. The number of amides is 1. The molecule has 5 heteroatoms. The number of rotatable bonds is 7. The molecule has 0 saturated heterocycles. The van der Waals surface area contributed by atoms with E-state index in [0.29, 0.717) is 12.3 Å². The van der Waals surface area contributed by atoms with Crippen LogP contribution in [-0.2, 0) is 9.59 Å². The third kappa shape index (κ3) is 4.99. The van der Waals surface area contributed by atoms with Gasteiger partial charge in [-0.15, -0.1) is 0 Å². The Kier molecular flexibility index (Phi) is 5.85. The van der Waals surface area contributed by atoms with Crippen LogP contribution in [0.2, 0.25) is 0 Å². The molecule has 5 nitrogen and oxygen atoms in total. The van der Waals surface area contributed by atoms with Crippen LogP contribution in [0, 0.1) is 5.92 Å². The van der Waals surface area contributed by atoms with Crippen molar-refractivity contribution in [2.75, 3.05) is 13.1 Å². The van der Waals surface area contributed by atoms with Crippen molar-refractivity contribution >= 4 is 18.0 Å². The van der Waals surface area contributed by atoms with E-state index >= 15 is 0 Å². The maximum absolute atomic E-state index is 12.0. The van der Waals surface area contributed by atoms with E-state index in [0.717, 1.165) is 6.42 Å². The summed E-state index contributed by atoms with van der Waals surface area (Å²) in [5.41, 5.74) is 0. The van der Waals surface area contributed by atoms with Crippen molar-refractivity contribution in [1.82, 2.24) is 4.90 Å². The van der Waals surface area contributed by atoms with Crippen molar-refractivity contribution in [3.05, 3.63) is 30.2 Å². The summed E-state index contributed by atoms with van der Waals surface area (Å²) in [7, 11) is 0. The third-order valence-corrected chi connectivity index (χ3v) is 2.65. The summed E-state index contributed by atoms with van der Waals surface area (Å²) >= 11 is 0. The average Bonchev–Trinajstić information content (AvgIpc) is 2.88. The van der Waals surface area contributed by atoms with E-state index in [2.05, 4.69) is 0 Å². The van der Waals surface area contributed by atoms with Crippen molar-refractivity contribution < 1.29 is 19.1 Å². The lowest BCUT2D eigenvalue weighted by Gasteiger charge is -2.22. The number of aliphatic carboxylic acids is 1. The highest BCUT2D eigenvalue weighted by Crippen LogP contribution is 2.06. The van der Waals surface area contributed by atoms with Crippen LogP contribution >= 0.6 is 0 Å². The first-order valence-corrected chi connectivity index (χ1v) is 6.28. The molecule has 19 heavy (non-hydrogen) atoms. The molecular weight excluding hydrogens is 246 g/mol. The highest BCUT2D eigenvalue weighted by atomic mass is 16.4. The number of hydrogen-bond donors (Lipinski definition) is 1. The maximum Gasteiger partial charge on any atom is 0.308 e. The Hall–Kier alpha value is -2.04. The summed E-state index contributed by atoms with van der Waals surface area (Å²) in [4.78, 5) is 24.4. The van der Waals surface area contributed by atoms with Gasteiger partial charge in [-0.3, -0.25) is 9.59 Å². The smallest absolute Gasteiger partial charge is 0.308 e. The molecule has 0 aliphatic carbocycles.